The lowest BCUT2D eigenvalue weighted by Gasteiger charge is -2.03. The molecule has 0 fully saturated rings. The average molecular weight is 346 g/mol. The molecule has 128 valence electrons. The first-order valence-electron chi connectivity index (χ1n) is 7.91. The lowest BCUT2D eigenvalue weighted by atomic mass is 10.1. The number of aromatic nitrogens is 2. The van der Waals surface area contributed by atoms with Crippen LogP contribution in [0.2, 0.25) is 0 Å². The van der Waals surface area contributed by atoms with E-state index in [4.69, 9.17) is 4.42 Å². The molecular formula is C19H14N4O3. The molecule has 4 rings (SSSR count). The molecule has 2 aromatic heterocycles. The van der Waals surface area contributed by atoms with Gasteiger partial charge in [0.05, 0.1) is 5.69 Å². The Labute approximate surface area is 148 Å². The Bertz CT molecular complexity index is 1050. The highest BCUT2D eigenvalue weighted by molar-refractivity contribution is 5.99. The third kappa shape index (κ3) is 3.05. The smallest absolute Gasteiger partial charge is 0.305 e. The van der Waals surface area contributed by atoms with Gasteiger partial charge in [-0.15, -0.1) is 0 Å². The Balaban J connectivity index is 1.42. The van der Waals surface area contributed by atoms with Crippen molar-refractivity contribution in [1.29, 1.82) is 0 Å². The molecule has 0 atom stereocenters. The van der Waals surface area contributed by atoms with Gasteiger partial charge in [0.15, 0.2) is 5.76 Å². The van der Waals surface area contributed by atoms with Crippen LogP contribution in [0.4, 0.5) is 0 Å². The van der Waals surface area contributed by atoms with E-state index in [1.54, 1.807) is 18.2 Å². The molecule has 0 saturated carbocycles. The molecule has 0 aliphatic carbocycles. The standard InChI is InChI=1S/C19H14N4O3/c24-18(15-11-14(20-21-15)12-6-2-1-3-7-12)22-23-19(25)17-10-13-8-4-5-9-16(13)26-17/h1-11H,(H,20,21)(H,22,24)(H,23,25). The molecular weight excluding hydrogens is 332 g/mol. The highest BCUT2D eigenvalue weighted by atomic mass is 16.3. The summed E-state index contributed by atoms with van der Waals surface area (Å²) in [6, 6.07) is 19.9. The van der Waals surface area contributed by atoms with Crippen molar-refractivity contribution in [1.82, 2.24) is 21.0 Å². The molecule has 26 heavy (non-hydrogen) atoms. The zero-order valence-electron chi connectivity index (χ0n) is 13.5. The van der Waals surface area contributed by atoms with Crippen LogP contribution in [0.5, 0.6) is 0 Å². The van der Waals surface area contributed by atoms with Crippen LogP contribution < -0.4 is 10.9 Å². The van der Waals surface area contributed by atoms with Gasteiger partial charge in [-0.3, -0.25) is 25.5 Å². The van der Waals surface area contributed by atoms with E-state index in [1.807, 2.05) is 48.5 Å². The number of nitrogens with one attached hydrogen (secondary N) is 3. The molecule has 2 amide bonds. The summed E-state index contributed by atoms with van der Waals surface area (Å²) in [5.74, 6) is -0.942. The van der Waals surface area contributed by atoms with Gasteiger partial charge in [0, 0.05) is 10.9 Å². The first-order valence-corrected chi connectivity index (χ1v) is 7.91. The number of carbonyl (C=O) groups excluding carboxylic acids is 2. The molecule has 0 saturated heterocycles. The van der Waals surface area contributed by atoms with E-state index in [-0.39, 0.29) is 11.5 Å². The number of amides is 2. The van der Waals surface area contributed by atoms with Crippen molar-refractivity contribution < 1.29 is 14.0 Å². The van der Waals surface area contributed by atoms with E-state index in [2.05, 4.69) is 21.0 Å². The van der Waals surface area contributed by atoms with Crippen molar-refractivity contribution in [3.63, 3.8) is 0 Å². The highest BCUT2D eigenvalue weighted by Gasteiger charge is 2.15. The second-order valence-corrected chi connectivity index (χ2v) is 5.59. The second kappa shape index (κ2) is 6.56. The van der Waals surface area contributed by atoms with Crippen molar-refractivity contribution >= 4 is 22.8 Å². The largest absolute Gasteiger partial charge is 0.451 e. The van der Waals surface area contributed by atoms with E-state index >= 15 is 0 Å². The fourth-order valence-electron chi connectivity index (χ4n) is 2.53. The average Bonchev–Trinajstić information content (AvgIpc) is 3.33. The zero-order chi connectivity index (χ0) is 17.9. The van der Waals surface area contributed by atoms with Crippen LogP contribution in [-0.4, -0.2) is 22.0 Å². The molecule has 4 aromatic rings. The van der Waals surface area contributed by atoms with E-state index in [0.717, 1.165) is 10.9 Å². The monoisotopic (exact) mass is 346 g/mol. The summed E-state index contributed by atoms with van der Waals surface area (Å²) in [7, 11) is 0. The van der Waals surface area contributed by atoms with Gasteiger partial charge < -0.3 is 4.42 Å². The Kier molecular flexibility index (Phi) is 3.95. The van der Waals surface area contributed by atoms with Crippen molar-refractivity contribution in [3.8, 4) is 11.3 Å². The van der Waals surface area contributed by atoms with Crippen LogP contribution in [0.3, 0.4) is 0 Å². The van der Waals surface area contributed by atoms with Crippen molar-refractivity contribution in [2.75, 3.05) is 0 Å². The maximum atomic E-state index is 12.2. The third-order valence-corrected chi connectivity index (χ3v) is 3.83. The number of furan rings is 1. The van der Waals surface area contributed by atoms with Crippen molar-refractivity contribution in [2.45, 2.75) is 0 Å². The minimum atomic E-state index is -0.544. The number of carbonyl (C=O) groups is 2. The molecule has 0 unspecified atom stereocenters. The van der Waals surface area contributed by atoms with E-state index in [0.29, 0.717) is 11.3 Å². The van der Waals surface area contributed by atoms with Gasteiger partial charge in [0.2, 0.25) is 0 Å². The molecule has 2 aromatic carbocycles. The first kappa shape index (κ1) is 15.6. The van der Waals surface area contributed by atoms with Gasteiger partial charge in [-0.1, -0.05) is 48.5 Å². The van der Waals surface area contributed by atoms with Crippen LogP contribution in [0.1, 0.15) is 21.0 Å². The number of aromatic amines is 1. The number of fused-ring (bicyclic) bond motifs is 1. The highest BCUT2D eigenvalue weighted by Crippen LogP contribution is 2.19. The van der Waals surface area contributed by atoms with Gasteiger partial charge in [0.25, 0.3) is 5.91 Å². The molecule has 0 aliphatic heterocycles. The predicted molar refractivity (Wildman–Crippen MR) is 95.2 cm³/mol. The summed E-state index contributed by atoms with van der Waals surface area (Å²) < 4.78 is 5.45. The van der Waals surface area contributed by atoms with Crippen LogP contribution in [0.15, 0.2) is 71.1 Å². The number of benzene rings is 2. The molecule has 2 heterocycles. The van der Waals surface area contributed by atoms with E-state index < -0.39 is 11.8 Å². The number of hydrogen-bond donors (Lipinski definition) is 3. The summed E-state index contributed by atoms with van der Waals surface area (Å²) in [4.78, 5) is 24.3. The van der Waals surface area contributed by atoms with Gasteiger partial charge in [0.1, 0.15) is 11.3 Å². The summed E-state index contributed by atoms with van der Waals surface area (Å²) in [5.41, 5.74) is 7.02. The predicted octanol–water partition coefficient (Wildman–Crippen LogP) is 2.90. The fraction of sp³-hybridized carbons (Fsp3) is 0. The van der Waals surface area contributed by atoms with Crippen molar-refractivity contribution in [3.05, 3.63) is 78.2 Å². The Morgan fingerprint density at radius 1 is 0.885 bits per heavy atom. The van der Waals surface area contributed by atoms with Crippen LogP contribution >= 0.6 is 0 Å². The number of H-pyrrole nitrogens is 1. The summed E-state index contributed by atoms with van der Waals surface area (Å²) in [5, 5.41) is 7.57. The molecule has 0 aliphatic rings. The summed E-state index contributed by atoms with van der Waals surface area (Å²) in [6.45, 7) is 0. The van der Waals surface area contributed by atoms with Crippen LogP contribution in [0.25, 0.3) is 22.2 Å². The number of rotatable bonds is 3. The fourth-order valence-corrected chi connectivity index (χ4v) is 2.53. The molecule has 0 radical (unpaired) electrons. The van der Waals surface area contributed by atoms with Crippen LogP contribution in [0, 0.1) is 0 Å². The lowest BCUT2D eigenvalue weighted by Crippen LogP contribution is -2.41. The van der Waals surface area contributed by atoms with Gasteiger partial charge in [-0.2, -0.15) is 5.10 Å². The van der Waals surface area contributed by atoms with Crippen molar-refractivity contribution in [2.24, 2.45) is 0 Å². The lowest BCUT2D eigenvalue weighted by molar-refractivity contribution is 0.0830. The molecule has 7 heteroatoms. The minimum absolute atomic E-state index is 0.112. The Morgan fingerprint density at radius 3 is 2.42 bits per heavy atom. The maximum absolute atomic E-state index is 12.2. The topological polar surface area (TPSA) is 100 Å². The van der Waals surface area contributed by atoms with Gasteiger partial charge in [-0.05, 0) is 18.2 Å². The Hall–Kier alpha value is -3.87. The third-order valence-electron chi connectivity index (χ3n) is 3.83. The second-order valence-electron chi connectivity index (χ2n) is 5.59. The summed E-state index contributed by atoms with van der Waals surface area (Å²) >= 11 is 0. The molecule has 7 nitrogen and oxygen atoms in total. The minimum Gasteiger partial charge on any atom is -0.451 e. The normalized spacial score (nSPS) is 10.6. The van der Waals surface area contributed by atoms with E-state index in [1.165, 1.54) is 0 Å². The first-order chi connectivity index (χ1) is 12.7. The van der Waals surface area contributed by atoms with E-state index in [9.17, 15) is 9.59 Å². The molecule has 0 spiro atoms. The molecule has 3 N–H and O–H groups in total. The maximum Gasteiger partial charge on any atom is 0.305 e. The van der Waals surface area contributed by atoms with Crippen LogP contribution in [-0.2, 0) is 0 Å². The SMILES string of the molecule is O=C(NNC(=O)c1cc2ccccc2o1)c1cc(-c2ccccc2)n[nH]1. The quantitative estimate of drug-likeness (QED) is 0.497. The van der Waals surface area contributed by atoms with Gasteiger partial charge in [-0.25, -0.2) is 0 Å². The Morgan fingerprint density at radius 2 is 1.62 bits per heavy atom. The van der Waals surface area contributed by atoms with Gasteiger partial charge >= 0.3 is 5.91 Å². The number of nitrogens with zero attached hydrogens (tertiary/aromatic N) is 1. The summed E-state index contributed by atoms with van der Waals surface area (Å²) in [6.07, 6.45) is 0. The zero-order valence-corrected chi connectivity index (χ0v) is 13.5. The molecule has 0 bridgehead atoms. The number of hydrazine groups is 1. The number of para-hydroxylation sites is 1. The number of hydrogen-bond acceptors (Lipinski definition) is 4.